The first-order valence-electron chi connectivity index (χ1n) is 10.3. The molecule has 3 atom stereocenters. The van der Waals surface area contributed by atoms with Crippen LogP contribution in [-0.4, -0.2) is 43.4 Å². The first-order valence-corrected chi connectivity index (χ1v) is 13.7. The van der Waals surface area contributed by atoms with E-state index in [-0.39, 0.29) is 18.5 Å². The van der Waals surface area contributed by atoms with Crippen LogP contribution in [0, 0.1) is 0 Å². The van der Waals surface area contributed by atoms with Gasteiger partial charge in [0.2, 0.25) is 0 Å². The van der Waals surface area contributed by atoms with Gasteiger partial charge in [-0.2, -0.15) is 0 Å². The largest absolute Gasteiger partial charge is 0.399 e. The molecule has 0 aromatic heterocycles. The second-order valence-electron chi connectivity index (χ2n) is 6.46. The van der Waals surface area contributed by atoms with Crippen LogP contribution in [0.15, 0.2) is 24.3 Å². The van der Waals surface area contributed by atoms with Crippen molar-refractivity contribution < 1.29 is 14.6 Å². The Bertz CT molecular complexity index is 325. The van der Waals surface area contributed by atoms with Crippen LogP contribution in [0.25, 0.3) is 0 Å². The first kappa shape index (κ1) is 28.4. The minimum atomic E-state index is -0.688. The number of allylic oxidation sites excluding steroid dienone is 2. The van der Waals surface area contributed by atoms with Gasteiger partial charge >= 0.3 is 13.2 Å². The Morgan fingerprint density at radius 3 is 2.00 bits per heavy atom. The van der Waals surface area contributed by atoms with Crippen molar-refractivity contribution in [3.63, 3.8) is 0 Å². The topological polar surface area (TPSA) is 38.7 Å². The fourth-order valence-electron chi connectivity index (χ4n) is 2.05. The van der Waals surface area contributed by atoms with Crippen LogP contribution < -0.4 is 0 Å². The summed E-state index contributed by atoms with van der Waals surface area (Å²) in [6, 6.07) is 0. The quantitative estimate of drug-likeness (QED) is 0.372. The fourth-order valence-corrected chi connectivity index (χ4v) is 2.63. The number of ether oxygens (including phenoxy) is 2. The molecule has 3 nitrogen and oxygen atoms in total. The SMILES string of the molecule is CC/C=C\[C@H](C)O.CC/C=C\[C@H](C)OC1CCCCO1.C[CH2][Al]([Cl])[CH2]C. The summed E-state index contributed by atoms with van der Waals surface area (Å²) in [6.45, 7) is 13.1. The molecule has 1 aliphatic rings. The summed E-state index contributed by atoms with van der Waals surface area (Å²) in [4.78, 5) is 0. The Labute approximate surface area is 171 Å². The van der Waals surface area contributed by atoms with Crippen molar-refractivity contribution in [3.05, 3.63) is 24.3 Å². The molecule has 1 aliphatic heterocycles. The molecule has 26 heavy (non-hydrogen) atoms. The van der Waals surface area contributed by atoms with Gasteiger partial charge in [0, 0.05) is 6.61 Å². The number of aliphatic hydroxyl groups is 1. The number of halogens is 1. The summed E-state index contributed by atoms with van der Waals surface area (Å²) < 4.78 is 11.2. The Morgan fingerprint density at radius 2 is 1.65 bits per heavy atom. The lowest BCUT2D eigenvalue weighted by molar-refractivity contribution is -0.174. The van der Waals surface area contributed by atoms with Gasteiger partial charge in [-0.05, 0) is 46.0 Å². The average molecular weight is 405 g/mol. The van der Waals surface area contributed by atoms with E-state index in [1.807, 2.05) is 13.0 Å². The van der Waals surface area contributed by atoms with Crippen LogP contribution in [0.5, 0.6) is 0 Å². The molecular formula is C21H42AlClO3. The second-order valence-corrected chi connectivity index (χ2v) is 11.1. The third-order valence-electron chi connectivity index (χ3n) is 3.68. The van der Waals surface area contributed by atoms with Gasteiger partial charge in [0.25, 0.3) is 0 Å². The zero-order valence-corrected chi connectivity index (χ0v) is 19.8. The lowest BCUT2D eigenvalue weighted by Gasteiger charge is -2.24. The maximum absolute atomic E-state index is 8.60. The molecule has 154 valence electrons. The fraction of sp³-hybridized carbons (Fsp3) is 0.810. The summed E-state index contributed by atoms with van der Waals surface area (Å²) in [5.41, 5.74) is 0. The van der Waals surface area contributed by atoms with E-state index in [4.69, 9.17) is 24.6 Å². The Kier molecular flexibility index (Phi) is 23.5. The Balaban J connectivity index is 0. The molecule has 0 aromatic carbocycles. The Hall–Kier alpha value is 0.182. The number of hydrogen-bond acceptors (Lipinski definition) is 3. The lowest BCUT2D eigenvalue weighted by Crippen LogP contribution is -2.25. The van der Waals surface area contributed by atoms with E-state index < -0.39 is 13.2 Å². The summed E-state index contributed by atoms with van der Waals surface area (Å²) in [5, 5.41) is 11.1. The van der Waals surface area contributed by atoms with Crippen molar-refractivity contribution in [3.8, 4) is 0 Å². The van der Waals surface area contributed by atoms with E-state index in [0.717, 1.165) is 25.9 Å². The first-order chi connectivity index (χ1) is 12.4. The molecule has 0 spiro atoms. The standard InChI is InChI=1S/C11H20O2.C6H12O.2C2H5.Al.ClH/c1-3-4-7-10(2)13-11-8-5-6-9-12-11;1-3-4-5-6(2)7;2*1-2;;/h4,7,10-11H,3,5-6,8-9H2,1-2H3;4-7H,3H2,1-2H3;2*1H2,2H3;;1H/q;;;;+1;/p-1/b7-4-;5-4-;;;;/t10-,11?;6-;;;;/m00..../s1. The highest BCUT2D eigenvalue weighted by Crippen LogP contribution is 2.15. The molecule has 0 radical (unpaired) electrons. The molecule has 1 rings (SSSR count). The Morgan fingerprint density at radius 1 is 1.08 bits per heavy atom. The van der Waals surface area contributed by atoms with E-state index in [2.05, 4.69) is 39.8 Å². The predicted octanol–water partition coefficient (Wildman–Crippen LogP) is 6.47. The van der Waals surface area contributed by atoms with E-state index in [1.54, 1.807) is 13.0 Å². The molecular weight excluding hydrogens is 363 g/mol. The predicted molar refractivity (Wildman–Crippen MR) is 117 cm³/mol. The summed E-state index contributed by atoms with van der Waals surface area (Å²) in [5.74, 6) is 0. The molecule has 1 fully saturated rings. The van der Waals surface area contributed by atoms with Crippen LogP contribution in [-0.2, 0) is 9.47 Å². The monoisotopic (exact) mass is 404 g/mol. The molecule has 0 aromatic rings. The van der Waals surface area contributed by atoms with E-state index in [0.29, 0.717) is 0 Å². The van der Waals surface area contributed by atoms with Crippen molar-refractivity contribution in [1.29, 1.82) is 0 Å². The molecule has 0 amide bonds. The number of aliphatic hydroxyl groups excluding tert-OH is 1. The van der Waals surface area contributed by atoms with Gasteiger partial charge in [-0.1, -0.05) is 62.6 Å². The molecule has 5 heteroatoms. The maximum atomic E-state index is 8.60. The normalized spacial score (nSPS) is 19.3. The maximum Gasteiger partial charge on any atom is 0.399 e. The highest BCUT2D eigenvalue weighted by molar-refractivity contribution is 7.06. The van der Waals surface area contributed by atoms with Crippen LogP contribution >= 0.6 is 10.0 Å². The molecule has 0 saturated carbocycles. The average Bonchev–Trinajstić information content (AvgIpc) is 2.65. The molecule has 1 saturated heterocycles. The smallest absolute Gasteiger partial charge is 0.389 e. The van der Waals surface area contributed by atoms with E-state index in [1.165, 1.54) is 23.4 Å². The van der Waals surface area contributed by atoms with Crippen molar-refractivity contribution in [2.75, 3.05) is 6.61 Å². The second kappa shape index (κ2) is 21.5. The molecule has 1 N–H and O–H groups in total. The number of rotatable bonds is 8. The van der Waals surface area contributed by atoms with E-state index >= 15 is 0 Å². The zero-order chi connectivity index (χ0) is 20.2. The number of hydrogen-bond donors (Lipinski definition) is 1. The van der Waals surface area contributed by atoms with Gasteiger partial charge in [-0.3, -0.25) is 10.0 Å². The molecule has 0 aliphatic carbocycles. The van der Waals surface area contributed by atoms with Crippen LogP contribution in [0.3, 0.4) is 0 Å². The van der Waals surface area contributed by atoms with Crippen LogP contribution in [0.1, 0.15) is 73.6 Å². The highest BCUT2D eigenvalue weighted by Gasteiger charge is 2.15. The highest BCUT2D eigenvalue weighted by atomic mass is 35.6. The van der Waals surface area contributed by atoms with Crippen LogP contribution in [0.2, 0.25) is 10.6 Å². The van der Waals surface area contributed by atoms with Crippen LogP contribution in [0.4, 0.5) is 0 Å². The van der Waals surface area contributed by atoms with Gasteiger partial charge in [0.15, 0.2) is 6.29 Å². The minimum absolute atomic E-state index is 0.0326. The van der Waals surface area contributed by atoms with Crippen molar-refractivity contribution in [1.82, 2.24) is 0 Å². The van der Waals surface area contributed by atoms with Gasteiger partial charge in [-0.25, -0.2) is 0 Å². The van der Waals surface area contributed by atoms with Crippen molar-refractivity contribution in [2.24, 2.45) is 0 Å². The van der Waals surface area contributed by atoms with Gasteiger partial charge < -0.3 is 14.6 Å². The third kappa shape index (κ3) is 22.2. The minimum Gasteiger partial charge on any atom is -0.389 e. The van der Waals surface area contributed by atoms with Gasteiger partial charge in [0.05, 0.1) is 12.2 Å². The summed E-state index contributed by atoms with van der Waals surface area (Å²) in [6.07, 6.45) is 13.4. The molecule has 1 heterocycles. The van der Waals surface area contributed by atoms with Crippen molar-refractivity contribution >= 4 is 23.3 Å². The van der Waals surface area contributed by atoms with E-state index in [9.17, 15) is 0 Å². The van der Waals surface area contributed by atoms with Gasteiger partial charge in [-0.15, -0.1) is 0 Å². The molecule has 0 bridgehead atoms. The zero-order valence-electron chi connectivity index (χ0n) is 17.9. The van der Waals surface area contributed by atoms with Crippen molar-refractivity contribution in [2.45, 2.75) is 103 Å². The van der Waals surface area contributed by atoms with Gasteiger partial charge in [0.1, 0.15) is 0 Å². The summed E-state index contributed by atoms with van der Waals surface area (Å²) >= 11 is -0.688. The third-order valence-corrected chi connectivity index (χ3v) is 7.31. The molecule has 1 unspecified atom stereocenters. The summed E-state index contributed by atoms with van der Waals surface area (Å²) in [7, 11) is 5.79. The lowest BCUT2D eigenvalue weighted by atomic mass is 10.2.